The first-order chi connectivity index (χ1) is 9.03. The van der Waals surface area contributed by atoms with E-state index in [1.807, 2.05) is 13.1 Å². The summed E-state index contributed by atoms with van der Waals surface area (Å²) < 4.78 is 5.49. The SMILES string of the molecule is CCCC(CBr)(CBr)Cc1ncc(C)c(OC)c1C. The summed E-state index contributed by atoms with van der Waals surface area (Å²) >= 11 is 7.35. The maximum Gasteiger partial charge on any atom is 0.128 e. The van der Waals surface area contributed by atoms with Crippen molar-refractivity contribution in [1.29, 1.82) is 0 Å². The van der Waals surface area contributed by atoms with E-state index < -0.39 is 0 Å². The summed E-state index contributed by atoms with van der Waals surface area (Å²) in [5.74, 6) is 0.972. The molecule has 2 nitrogen and oxygen atoms in total. The Hall–Kier alpha value is -0.0900. The molecule has 0 spiro atoms. The molecule has 0 bridgehead atoms. The van der Waals surface area contributed by atoms with Crippen molar-refractivity contribution in [2.75, 3.05) is 17.8 Å². The molecule has 0 aliphatic carbocycles. The van der Waals surface area contributed by atoms with E-state index in [-0.39, 0.29) is 5.41 Å². The topological polar surface area (TPSA) is 22.1 Å². The molecule has 4 heteroatoms. The Kier molecular flexibility index (Phi) is 6.81. The Bertz CT molecular complexity index is 417. The van der Waals surface area contributed by atoms with Crippen LogP contribution in [-0.4, -0.2) is 22.8 Å². The molecule has 0 saturated heterocycles. The zero-order valence-corrected chi connectivity index (χ0v) is 15.4. The zero-order chi connectivity index (χ0) is 14.5. The lowest BCUT2D eigenvalue weighted by Crippen LogP contribution is -2.28. The van der Waals surface area contributed by atoms with Gasteiger partial charge in [-0.25, -0.2) is 0 Å². The number of hydrogen-bond donors (Lipinski definition) is 0. The highest BCUT2D eigenvalue weighted by Gasteiger charge is 2.29. The molecule has 0 fully saturated rings. The third-order valence-electron chi connectivity index (χ3n) is 3.64. The number of aromatic nitrogens is 1. The number of hydrogen-bond acceptors (Lipinski definition) is 2. The summed E-state index contributed by atoms with van der Waals surface area (Å²) in [6.07, 6.45) is 5.25. The largest absolute Gasteiger partial charge is 0.496 e. The van der Waals surface area contributed by atoms with E-state index in [1.165, 1.54) is 18.4 Å². The van der Waals surface area contributed by atoms with Gasteiger partial charge in [0.05, 0.1) is 7.11 Å². The van der Waals surface area contributed by atoms with Gasteiger partial charge in [-0.1, -0.05) is 45.2 Å². The smallest absolute Gasteiger partial charge is 0.128 e. The molecule has 108 valence electrons. The minimum Gasteiger partial charge on any atom is -0.496 e. The van der Waals surface area contributed by atoms with Gasteiger partial charge >= 0.3 is 0 Å². The standard InChI is InChI=1S/C15H23Br2NO/c1-5-6-15(9-16,10-17)7-13-12(3)14(19-4)11(2)8-18-13/h8H,5-7,9-10H2,1-4H3. The van der Waals surface area contributed by atoms with Crippen molar-refractivity contribution >= 4 is 31.9 Å². The maximum atomic E-state index is 5.49. The van der Waals surface area contributed by atoms with Gasteiger partial charge < -0.3 is 4.74 Å². The number of aryl methyl sites for hydroxylation is 1. The van der Waals surface area contributed by atoms with Crippen molar-refractivity contribution in [1.82, 2.24) is 4.98 Å². The molecule has 0 N–H and O–H groups in total. The highest BCUT2D eigenvalue weighted by Crippen LogP contribution is 2.35. The van der Waals surface area contributed by atoms with E-state index in [9.17, 15) is 0 Å². The van der Waals surface area contributed by atoms with E-state index in [0.29, 0.717) is 0 Å². The highest BCUT2D eigenvalue weighted by atomic mass is 79.9. The van der Waals surface area contributed by atoms with Crippen molar-refractivity contribution in [3.63, 3.8) is 0 Å². The maximum absolute atomic E-state index is 5.49. The summed E-state index contributed by atoms with van der Waals surface area (Å²) in [5.41, 5.74) is 3.65. The van der Waals surface area contributed by atoms with Crippen molar-refractivity contribution in [2.45, 2.75) is 40.0 Å². The summed E-state index contributed by atoms with van der Waals surface area (Å²) in [4.78, 5) is 4.63. The molecule has 1 aromatic rings. The Balaban J connectivity index is 3.10. The fraction of sp³-hybridized carbons (Fsp3) is 0.667. The molecule has 19 heavy (non-hydrogen) atoms. The number of alkyl halides is 2. The van der Waals surface area contributed by atoms with E-state index >= 15 is 0 Å². The second-order valence-corrected chi connectivity index (χ2v) is 6.36. The molecular formula is C15H23Br2NO. The van der Waals surface area contributed by atoms with Crippen molar-refractivity contribution in [3.8, 4) is 5.75 Å². The molecule has 0 amide bonds. The fourth-order valence-corrected chi connectivity index (χ4v) is 4.37. The molecule has 0 radical (unpaired) electrons. The predicted molar refractivity (Wildman–Crippen MR) is 88.9 cm³/mol. The Labute approximate surface area is 133 Å². The molecule has 0 unspecified atom stereocenters. The van der Waals surface area contributed by atoms with Gasteiger partial charge in [0.1, 0.15) is 5.75 Å². The van der Waals surface area contributed by atoms with E-state index in [2.05, 4.69) is 50.7 Å². The second-order valence-electron chi connectivity index (χ2n) is 5.24. The zero-order valence-electron chi connectivity index (χ0n) is 12.2. The van der Waals surface area contributed by atoms with Gasteiger partial charge in [0, 0.05) is 33.7 Å². The average molecular weight is 393 g/mol. The number of rotatable bonds is 7. The van der Waals surface area contributed by atoms with Crippen LogP contribution in [0.3, 0.4) is 0 Å². The second kappa shape index (κ2) is 7.63. The van der Waals surface area contributed by atoms with Crippen molar-refractivity contribution < 1.29 is 4.74 Å². The van der Waals surface area contributed by atoms with Crippen LogP contribution in [0.2, 0.25) is 0 Å². The lowest BCUT2D eigenvalue weighted by molar-refractivity contribution is 0.345. The van der Waals surface area contributed by atoms with Gasteiger partial charge in [0.15, 0.2) is 0 Å². The minimum atomic E-state index is 0.229. The molecule has 0 saturated carbocycles. The first kappa shape index (κ1) is 17.0. The lowest BCUT2D eigenvalue weighted by Gasteiger charge is -2.30. The first-order valence-electron chi connectivity index (χ1n) is 6.64. The number of halogens is 2. The molecule has 1 rings (SSSR count). The first-order valence-corrected chi connectivity index (χ1v) is 8.89. The van der Waals surface area contributed by atoms with Crippen LogP contribution in [0.4, 0.5) is 0 Å². The minimum absolute atomic E-state index is 0.229. The number of methoxy groups -OCH3 is 1. The van der Waals surface area contributed by atoms with Crippen LogP contribution in [0.5, 0.6) is 5.75 Å². The van der Waals surface area contributed by atoms with E-state index in [1.54, 1.807) is 7.11 Å². The Morgan fingerprint density at radius 1 is 1.26 bits per heavy atom. The quantitative estimate of drug-likeness (QED) is 0.620. The summed E-state index contributed by atoms with van der Waals surface area (Å²) in [6.45, 7) is 6.38. The average Bonchev–Trinajstić information content (AvgIpc) is 2.42. The highest BCUT2D eigenvalue weighted by molar-refractivity contribution is 9.09. The van der Waals surface area contributed by atoms with Gasteiger partial charge in [-0.2, -0.15) is 0 Å². The summed E-state index contributed by atoms with van der Waals surface area (Å²) in [7, 11) is 1.73. The lowest BCUT2D eigenvalue weighted by atomic mass is 9.82. The van der Waals surface area contributed by atoms with Crippen LogP contribution >= 0.6 is 31.9 Å². The van der Waals surface area contributed by atoms with Crippen molar-refractivity contribution in [3.05, 3.63) is 23.0 Å². The Morgan fingerprint density at radius 2 is 1.89 bits per heavy atom. The van der Waals surface area contributed by atoms with E-state index in [4.69, 9.17) is 4.74 Å². The van der Waals surface area contributed by atoms with Crippen molar-refractivity contribution in [2.24, 2.45) is 5.41 Å². The monoisotopic (exact) mass is 391 g/mol. The van der Waals surface area contributed by atoms with Gasteiger partial charge in [-0.3, -0.25) is 4.98 Å². The normalized spacial score (nSPS) is 11.7. The van der Waals surface area contributed by atoms with Gasteiger partial charge in [-0.05, 0) is 32.1 Å². The fourth-order valence-electron chi connectivity index (χ4n) is 2.49. The molecule has 0 aliphatic heterocycles. The molecule has 1 aromatic heterocycles. The van der Waals surface area contributed by atoms with Crippen LogP contribution in [0, 0.1) is 19.3 Å². The molecule has 0 aromatic carbocycles. The molecular weight excluding hydrogens is 370 g/mol. The molecule has 0 atom stereocenters. The number of pyridine rings is 1. The molecule has 1 heterocycles. The third-order valence-corrected chi connectivity index (χ3v) is 6.02. The summed E-state index contributed by atoms with van der Waals surface area (Å²) in [6, 6.07) is 0. The van der Waals surface area contributed by atoms with Gasteiger partial charge in [0.2, 0.25) is 0 Å². The van der Waals surface area contributed by atoms with E-state index in [0.717, 1.165) is 34.1 Å². The number of ether oxygens (including phenoxy) is 1. The third kappa shape index (κ3) is 3.94. The van der Waals surface area contributed by atoms with Crippen LogP contribution in [-0.2, 0) is 6.42 Å². The van der Waals surface area contributed by atoms with Crippen LogP contribution in [0.15, 0.2) is 6.20 Å². The molecule has 0 aliphatic rings. The summed E-state index contributed by atoms with van der Waals surface area (Å²) in [5, 5.41) is 1.97. The predicted octanol–water partition coefficient (Wildman–Crippen LogP) is 4.83. The van der Waals surface area contributed by atoms with Crippen LogP contribution < -0.4 is 4.74 Å². The van der Waals surface area contributed by atoms with Gasteiger partial charge in [0.25, 0.3) is 0 Å². The Morgan fingerprint density at radius 3 is 2.37 bits per heavy atom. The number of nitrogens with zero attached hydrogens (tertiary/aromatic N) is 1. The van der Waals surface area contributed by atoms with Crippen LogP contribution in [0.1, 0.15) is 36.6 Å². The van der Waals surface area contributed by atoms with Crippen LogP contribution in [0.25, 0.3) is 0 Å². The van der Waals surface area contributed by atoms with Gasteiger partial charge in [-0.15, -0.1) is 0 Å².